The Morgan fingerprint density at radius 2 is 2.16 bits per heavy atom. The van der Waals surface area contributed by atoms with Crippen molar-refractivity contribution >= 4 is 51.1 Å². The molecule has 1 aromatic rings. The first-order valence-corrected chi connectivity index (χ1v) is 10.9. The third kappa shape index (κ3) is 6.06. The average molecular weight is 500 g/mol. The van der Waals surface area contributed by atoms with Crippen LogP contribution in [0.3, 0.4) is 0 Å². The van der Waals surface area contributed by atoms with E-state index in [2.05, 4.69) is 20.7 Å². The predicted octanol–water partition coefficient (Wildman–Crippen LogP) is 2.48. The Hall–Kier alpha value is -0.420. The summed E-state index contributed by atoms with van der Waals surface area (Å²) in [6, 6.07) is 0. The summed E-state index contributed by atoms with van der Waals surface area (Å²) < 4.78 is 23.5. The minimum absolute atomic E-state index is 0. The monoisotopic (exact) mass is 500 g/mol. The molecular formula is C16H29IN4O2S2. The van der Waals surface area contributed by atoms with Crippen molar-refractivity contribution < 1.29 is 8.42 Å². The van der Waals surface area contributed by atoms with Crippen LogP contribution < -0.4 is 5.32 Å². The lowest BCUT2D eigenvalue weighted by atomic mass is 10.2. The zero-order valence-corrected chi connectivity index (χ0v) is 19.4. The van der Waals surface area contributed by atoms with Crippen molar-refractivity contribution in [3.8, 4) is 0 Å². The second kappa shape index (κ2) is 9.50. The van der Waals surface area contributed by atoms with Gasteiger partial charge in [0, 0.05) is 37.8 Å². The molecule has 144 valence electrons. The molecule has 1 N–H and O–H groups in total. The number of aryl methyl sites for hydroxylation is 2. The lowest BCUT2D eigenvalue weighted by Gasteiger charge is -2.39. The number of unbranched alkanes of at least 4 members (excludes halogenated alkanes) is 1. The normalized spacial score (nSPS) is 19.4. The zero-order valence-electron chi connectivity index (χ0n) is 15.4. The molecule has 1 saturated heterocycles. The van der Waals surface area contributed by atoms with Crippen molar-refractivity contribution in [3.63, 3.8) is 0 Å². The molecule has 0 aliphatic carbocycles. The van der Waals surface area contributed by atoms with Gasteiger partial charge in [-0.15, -0.1) is 35.3 Å². The average Bonchev–Trinajstić information content (AvgIpc) is 2.91. The van der Waals surface area contributed by atoms with Crippen molar-refractivity contribution in [2.75, 3.05) is 32.4 Å². The fraction of sp³-hybridized carbons (Fsp3) is 0.750. The van der Waals surface area contributed by atoms with E-state index >= 15 is 0 Å². The van der Waals surface area contributed by atoms with Crippen LogP contribution in [0.2, 0.25) is 0 Å². The Kier molecular flexibility index (Phi) is 8.59. The molecule has 6 nitrogen and oxygen atoms in total. The first-order valence-electron chi connectivity index (χ1n) is 8.34. The van der Waals surface area contributed by atoms with Gasteiger partial charge in [0.25, 0.3) is 0 Å². The molecular weight excluding hydrogens is 471 g/mol. The number of aromatic nitrogens is 1. The number of nitrogens with zero attached hydrogens (tertiary/aromatic N) is 3. The van der Waals surface area contributed by atoms with E-state index in [1.165, 1.54) is 5.01 Å². The van der Waals surface area contributed by atoms with Gasteiger partial charge in [-0.25, -0.2) is 13.4 Å². The molecule has 1 fully saturated rings. The second-order valence-corrected chi connectivity index (χ2v) is 10.5. The Labute approximate surface area is 172 Å². The number of guanidine groups is 1. The van der Waals surface area contributed by atoms with Crippen molar-refractivity contribution in [1.29, 1.82) is 0 Å². The fourth-order valence-electron chi connectivity index (χ4n) is 2.78. The maximum absolute atomic E-state index is 12.1. The number of aliphatic imine (C=N–C) groups is 1. The van der Waals surface area contributed by atoms with Crippen LogP contribution in [-0.4, -0.2) is 61.4 Å². The molecule has 0 bridgehead atoms. The van der Waals surface area contributed by atoms with E-state index < -0.39 is 14.6 Å². The van der Waals surface area contributed by atoms with E-state index in [1.54, 1.807) is 32.2 Å². The largest absolute Gasteiger partial charge is 0.356 e. The summed E-state index contributed by atoms with van der Waals surface area (Å²) >= 11 is 1.72. The lowest BCUT2D eigenvalue weighted by molar-refractivity contribution is 0.353. The van der Waals surface area contributed by atoms with E-state index in [4.69, 9.17) is 0 Å². The third-order valence-electron chi connectivity index (χ3n) is 4.32. The lowest BCUT2D eigenvalue weighted by Crippen LogP contribution is -2.57. The quantitative estimate of drug-likeness (QED) is 0.291. The molecule has 0 aromatic carbocycles. The molecule has 0 atom stereocenters. The van der Waals surface area contributed by atoms with Crippen LogP contribution in [0.5, 0.6) is 0 Å². The minimum atomic E-state index is -3.02. The van der Waals surface area contributed by atoms with Gasteiger partial charge >= 0.3 is 0 Å². The van der Waals surface area contributed by atoms with E-state index in [9.17, 15) is 8.42 Å². The van der Waals surface area contributed by atoms with Crippen LogP contribution in [0.4, 0.5) is 0 Å². The van der Waals surface area contributed by atoms with Crippen molar-refractivity contribution in [2.45, 2.75) is 44.8 Å². The van der Waals surface area contributed by atoms with Gasteiger partial charge in [0.15, 0.2) is 15.8 Å². The molecule has 2 rings (SSSR count). The first-order chi connectivity index (χ1) is 11.2. The van der Waals surface area contributed by atoms with Gasteiger partial charge in [-0.1, -0.05) is 0 Å². The van der Waals surface area contributed by atoms with Crippen LogP contribution in [0.25, 0.3) is 0 Å². The Balaban J connectivity index is 0.00000312. The highest BCUT2D eigenvalue weighted by molar-refractivity contribution is 14.0. The van der Waals surface area contributed by atoms with Crippen LogP contribution in [0.1, 0.15) is 37.4 Å². The van der Waals surface area contributed by atoms with E-state index in [-0.39, 0.29) is 29.7 Å². The number of nitrogens with one attached hydrogen (secondary N) is 1. The molecule has 0 spiro atoms. The van der Waals surface area contributed by atoms with Gasteiger partial charge in [-0.05, 0) is 40.0 Å². The van der Waals surface area contributed by atoms with Gasteiger partial charge in [0.2, 0.25) is 0 Å². The summed E-state index contributed by atoms with van der Waals surface area (Å²) in [5.41, 5.74) is 1.09. The number of sulfone groups is 1. The summed E-state index contributed by atoms with van der Waals surface area (Å²) in [7, 11) is -1.28. The van der Waals surface area contributed by atoms with Crippen LogP contribution >= 0.6 is 35.3 Å². The van der Waals surface area contributed by atoms with Crippen LogP contribution in [0, 0.1) is 6.92 Å². The highest BCUT2D eigenvalue weighted by Gasteiger charge is 2.40. The maximum Gasteiger partial charge on any atom is 0.193 e. The zero-order chi connectivity index (χ0) is 17.8. The molecule has 25 heavy (non-hydrogen) atoms. The van der Waals surface area contributed by atoms with Gasteiger partial charge in [-0.3, -0.25) is 4.99 Å². The summed E-state index contributed by atoms with van der Waals surface area (Å²) in [4.78, 5) is 10.8. The van der Waals surface area contributed by atoms with Gasteiger partial charge < -0.3 is 10.2 Å². The topological polar surface area (TPSA) is 74.7 Å². The minimum Gasteiger partial charge on any atom is -0.356 e. The predicted molar refractivity (Wildman–Crippen MR) is 116 cm³/mol. The number of rotatable bonds is 5. The van der Waals surface area contributed by atoms with E-state index in [1.807, 2.05) is 11.8 Å². The Bertz CT molecular complexity index is 686. The third-order valence-corrected chi connectivity index (χ3v) is 7.88. The number of halogens is 1. The molecule has 1 aromatic heterocycles. The van der Waals surface area contributed by atoms with Crippen LogP contribution in [0.15, 0.2) is 10.4 Å². The molecule has 2 heterocycles. The van der Waals surface area contributed by atoms with Crippen molar-refractivity contribution in [1.82, 2.24) is 15.2 Å². The molecule has 9 heteroatoms. The van der Waals surface area contributed by atoms with Gasteiger partial charge in [0.1, 0.15) is 0 Å². The molecule has 1 aliphatic rings. The fourth-order valence-corrected chi connectivity index (χ4v) is 4.96. The highest BCUT2D eigenvalue weighted by Crippen LogP contribution is 2.23. The molecule has 0 amide bonds. The molecule has 0 saturated carbocycles. The van der Waals surface area contributed by atoms with E-state index in [0.29, 0.717) is 13.1 Å². The van der Waals surface area contributed by atoms with E-state index in [0.717, 1.165) is 37.5 Å². The van der Waals surface area contributed by atoms with Crippen molar-refractivity contribution in [3.05, 3.63) is 16.1 Å². The summed E-state index contributed by atoms with van der Waals surface area (Å²) in [6.07, 6.45) is 3.12. The highest BCUT2D eigenvalue weighted by atomic mass is 127. The Morgan fingerprint density at radius 1 is 1.44 bits per heavy atom. The smallest absolute Gasteiger partial charge is 0.193 e. The van der Waals surface area contributed by atoms with Gasteiger partial charge in [-0.2, -0.15) is 0 Å². The first kappa shape index (κ1) is 22.6. The number of hydrogen-bond donors (Lipinski definition) is 1. The number of hydrogen-bond acceptors (Lipinski definition) is 5. The number of thiazole rings is 1. The SMILES string of the molecule is CN=C(NCCCCc1nc(C)cs1)N1CCS(=O)(=O)C(C)(C)C1.I. The summed E-state index contributed by atoms with van der Waals surface area (Å²) in [5.74, 6) is 0.979. The summed E-state index contributed by atoms with van der Waals surface area (Å²) in [6.45, 7) is 7.42. The maximum atomic E-state index is 12.1. The second-order valence-electron chi connectivity index (χ2n) is 6.81. The van der Waals surface area contributed by atoms with Crippen molar-refractivity contribution in [2.24, 2.45) is 4.99 Å². The standard InChI is InChI=1S/C16H28N4O2S2.HI/c1-13-11-23-14(19-13)7-5-6-8-18-15(17-4)20-9-10-24(21,22)16(2,3)12-20;/h11H,5-10,12H2,1-4H3,(H,17,18);1H. The molecule has 0 unspecified atom stereocenters. The molecule has 1 aliphatic heterocycles. The summed E-state index contributed by atoms with van der Waals surface area (Å²) in [5, 5.41) is 6.64. The van der Waals surface area contributed by atoms with Gasteiger partial charge in [0.05, 0.1) is 15.5 Å². The van der Waals surface area contributed by atoms with Crippen LogP contribution in [-0.2, 0) is 16.3 Å². The Morgan fingerprint density at radius 3 is 2.72 bits per heavy atom. The molecule has 0 radical (unpaired) electrons.